The molecular weight excluding hydrogens is 260 g/mol. The molecule has 1 heterocycles. The van der Waals surface area contributed by atoms with Gasteiger partial charge in [0, 0.05) is 13.1 Å². The SMILES string of the molecule is CCOC(=O)C1(CN)CCCCN1C(=O)OC(C)(C)C. The first kappa shape index (κ1) is 16.8. The first-order valence-corrected chi connectivity index (χ1v) is 7.15. The lowest BCUT2D eigenvalue weighted by Gasteiger charge is -2.44. The van der Waals surface area contributed by atoms with Crippen molar-refractivity contribution in [2.24, 2.45) is 5.73 Å². The molecule has 0 aliphatic carbocycles. The van der Waals surface area contributed by atoms with Crippen LogP contribution in [0.4, 0.5) is 4.79 Å². The number of amides is 1. The van der Waals surface area contributed by atoms with Gasteiger partial charge in [-0.25, -0.2) is 9.59 Å². The van der Waals surface area contributed by atoms with E-state index in [1.54, 1.807) is 27.7 Å². The minimum atomic E-state index is -1.09. The number of carbonyl (C=O) groups excluding carboxylic acids is 2. The van der Waals surface area contributed by atoms with Crippen LogP contribution in [-0.4, -0.2) is 47.8 Å². The molecule has 1 aliphatic heterocycles. The molecule has 0 radical (unpaired) electrons. The second-order valence-corrected chi connectivity index (χ2v) is 6.05. The quantitative estimate of drug-likeness (QED) is 0.798. The van der Waals surface area contributed by atoms with Crippen molar-refractivity contribution in [3.05, 3.63) is 0 Å². The molecule has 1 amide bonds. The van der Waals surface area contributed by atoms with Crippen molar-refractivity contribution >= 4 is 12.1 Å². The number of carbonyl (C=O) groups is 2. The average molecular weight is 286 g/mol. The monoisotopic (exact) mass is 286 g/mol. The van der Waals surface area contributed by atoms with Crippen LogP contribution in [0.25, 0.3) is 0 Å². The summed E-state index contributed by atoms with van der Waals surface area (Å²) in [5, 5.41) is 0. The molecule has 2 N–H and O–H groups in total. The molecule has 1 unspecified atom stereocenters. The van der Waals surface area contributed by atoms with E-state index in [0.717, 1.165) is 12.8 Å². The highest BCUT2D eigenvalue weighted by molar-refractivity contribution is 5.86. The highest BCUT2D eigenvalue weighted by Crippen LogP contribution is 2.30. The van der Waals surface area contributed by atoms with Crippen LogP contribution in [0, 0.1) is 0 Å². The third kappa shape index (κ3) is 3.62. The predicted molar refractivity (Wildman–Crippen MR) is 75.2 cm³/mol. The summed E-state index contributed by atoms with van der Waals surface area (Å²) in [6.07, 6.45) is 1.69. The second kappa shape index (κ2) is 6.43. The van der Waals surface area contributed by atoms with E-state index >= 15 is 0 Å². The smallest absolute Gasteiger partial charge is 0.411 e. The van der Waals surface area contributed by atoms with Gasteiger partial charge in [-0.3, -0.25) is 4.90 Å². The van der Waals surface area contributed by atoms with Crippen LogP contribution in [0.5, 0.6) is 0 Å². The Balaban J connectivity index is 2.99. The molecule has 0 aromatic rings. The molecule has 6 heteroatoms. The van der Waals surface area contributed by atoms with Gasteiger partial charge in [0.2, 0.25) is 0 Å². The van der Waals surface area contributed by atoms with Crippen LogP contribution < -0.4 is 5.73 Å². The van der Waals surface area contributed by atoms with E-state index in [9.17, 15) is 9.59 Å². The molecule has 20 heavy (non-hydrogen) atoms. The number of esters is 1. The molecule has 0 aromatic heterocycles. The first-order valence-electron chi connectivity index (χ1n) is 7.15. The van der Waals surface area contributed by atoms with E-state index in [1.165, 1.54) is 4.90 Å². The van der Waals surface area contributed by atoms with Crippen LogP contribution in [0.2, 0.25) is 0 Å². The first-order chi connectivity index (χ1) is 9.27. The minimum absolute atomic E-state index is 0.0467. The fourth-order valence-corrected chi connectivity index (χ4v) is 2.39. The summed E-state index contributed by atoms with van der Waals surface area (Å²) in [7, 11) is 0. The molecule has 0 saturated carbocycles. The molecule has 116 valence electrons. The molecule has 6 nitrogen and oxygen atoms in total. The third-order valence-corrected chi connectivity index (χ3v) is 3.35. The van der Waals surface area contributed by atoms with E-state index < -0.39 is 23.2 Å². The van der Waals surface area contributed by atoms with Crippen molar-refractivity contribution in [1.82, 2.24) is 4.90 Å². The van der Waals surface area contributed by atoms with Gasteiger partial charge >= 0.3 is 12.1 Å². The van der Waals surface area contributed by atoms with Crippen molar-refractivity contribution in [2.75, 3.05) is 19.7 Å². The van der Waals surface area contributed by atoms with E-state index in [-0.39, 0.29) is 13.2 Å². The topological polar surface area (TPSA) is 81.9 Å². The highest BCUT2D eigenvalue weighted by Gasteiger charge is 2.49. The summed E-state index contributed by atoms with van der Waals surface area (Å²) in [5.74, 6) is -0.437. The van der Waals surface area contributed by atoms with Gasteiger partial charge in [0.15, 0.2) is 5.54 Å². The molecule has 1 fully saturated rings. The Labute approximate surface area is 120 Å². The number of hydrogen-bond acceptors (Lipinski definition) is 5. The van der Waals surface area contributed by atoms with Gasteiger partial charge in [-0.15, -0.1) is 0 Å². The lowest BCUT2D eigenvalue weighted by atomic mass is 9.87. The van der Waals surface area contributed by atoms with Gasteiger partial charge in [-0.05, 0) is 47.0 Å². The number of nitrogens with zero attached hydrogens (tertiary/aromatic N) is 1. The standard InChI is InChI=1S/C14H26N2O4/c1-5-19-11(17)14(10-15)8-6-7-9-16(14)12(18)20-13(2,3)4/h5-10,15H2,1-4H3. The molecule has 1 saturated heterocycles. The highest BCUT2D eigenvalue weighted by atomic mass is 16.6. The van der Waals surface area contributed by atoms with Crippen molar-refractivity contribution in [1.29, 1.82) is 0 Å². The molecule has 1 rings (SSSR count). The summed E-state index contributed by atoms with van der Waals surface area (Å²) in [5.41, 5.74) is 4.12. The van der Waals surface area contributed by atoms with Gasteiger partial charge in [0.25, 0.3) is 0 Å². The zero-order valence-electron chi connectivity index (χ0n) is 12.9. The van der Waals surface area contributed by atoms with E-state index in [0.29, 0.717) is 13.0 Å². The summed E-state index contributed by atoms with van der Waals surface area (Å²) in [4.78, 5) is 26.1. The largest absolute Gasteiger partial charge is 0.464 e. The predicted octanol–water partition coefficient (Wildman–Crippen LogP) is 1.67. The zero-order valence-corrected chi connectivity index (χ0v) is 12.9. The summed E-state index contributed by atoms with van der Waals surface area (Å²) in [6, 6.07) is 0. The molecule has 1 atom stereocenters. The normalized spacial score (nSPS) is 23.4. The van der Waals surface area contributed by atoms with Crippen molar-refractivity contribution in [3.8, 4) is 0 Å². The fraction of sp³-hybridized carbons (Fsp3) is 0.857. The third-order valence-electron chi connectivity index (χ3n) is 3.35. The van der Waals surface area contributed by atoms with Gasteiger partial charge in [0.1, 0.15) is 5.60 Å². The fourth-order valence-electron chi connectivity index (χ4n) is 2.39. The molecule has 0 aromatic carbocycles. The summed E-state index contributed by atoms with van der Waals surface area (Å²) >= 11 is 0. The van der Waals surface area contributed by atoms with Crippen LogP contribution in [-0.2, 0) is 14.3 Å². The van der Waals surface area contributed by atoms with Gasteiger partial charge in [-0.2, -0.15) is 0 Å². The van der Waals surface area contributed by atoms with Crippen molar-refractivity contribution in [2.45, 2.75) is 58.1 Å². The minimum Gasteiger partial charge on any atom is -0.464 e. The Bertz CT molecular complexity index is 365. The van der Waals surface area contributed by atoms with Crippen LogP contribution in [0.3, 0.4) is 0 Å². The van der Waals surface area contributed by atoms with Crippen LogP contribution in [0.1, 0.15) is 47.0 Å². The number of likely N-dealkylation sites (tertiary alicyclic amines) is 1. The van der Waals surface area contributed by atoms with Crippen LogP contribution in [0.15, 0.2) is 0 Å². The van der Waals surface area contributed by atoms with Gasteiger partial charge in [0.05, 0.1) is 6.61 Å². The Kier molecular flexibility index (Phi) is 5.39. The summed E-state index contributed by atoms with van der Waals surface area (Å²) in [6.45, 7) is 7.90. The van der Waals surface area contributed by atoms with E-state index in [4.69, 9.17) is 15.2 Å². The Morgan fingerprint density at radius 1 is 1.30 bits per heavy atom. The van der Waals surface area contributed by atoms with Crippen molar-refractivity contribution < 1.29 is 19.1 Å². The van der Waals surface area contributed by atoms with Gasteiger partial charge in [-0.1, -0.05) is 0 Å². The maximum atomic E-state index is 12.3. The average Bonchev–Trinajstić information content (AvgIpc) is 2.36. The summed E-state index contributed by atoms with van der Waals surface area (Å²) < 4.78 is 10.5. The molecule has 0 spiro atoms. The lowest BCUT2D eigenvalue weighted by Crippen LogP contribution is -2.64. The molecule has 0 bridgehead atoms. The van der Waals surface area contributed by atoms with E-state index in [1.807, 2.05) is 0 Å². The Morgan fingerprint density at radius 3 is 2.45 bits per heavy atom. The van der Waals surface area contributed by atoms with E-state index in [2.05, 4.69) is 0 Å². The molecule has 1 aliphatic rings. The number of ether oxygens (including phenoxy) is 2. The maximum Gasteiger partial charge on any atom is 0.411 e. The number of nitrogens with two attached hydrogens (primary N) is 1. The molecular formula is C14H26N2O4. The number of hydrogen-bond donors (Lipinski definition) is 1. The van der Waals surface area contributed by atoms with Crippen LogP contribution >= 0.6 is 0 Å². The zero-order chi connectivity index (χ0) is 15.4. The van der Waals surface area contributed by atoms with Crippen molar-refractivity contribution in [3.63, 3.8) is 0 Å². The number of rotatable bonds is 3. The maximum absolute atomic E-state index is 12.3. The Morgan fingerprint density at radius 2 is 1.95 bits per heavy atom. The van der Waals surface area contributed by atoms with Gasteiger partial charge < -0.3 is 15.2 Å². The lowest BCUT2D eigenvalue weighted by molar-refractivity contribution is -0.159. The number of piperidine rings is 1. The Hall–Kier alpha value is -1.30. The second-order valence-electron chi connectivity index (χ2n) is 6.05.